The molecule has 1 nitrogen and oxygen atoms in total. The van der Waals surface area contributed by atoms with Gasteiger partial charge in [0.1, 0.15) is 5.75 Å². The molecule has 0 saturated carbocycles. The van der Waals surface area contributed by atoms with Crippen LogP contribution in [0.25, 0.3) is 11.1 Å². The SMILES string of the molecule is FC(F)(F)Oc1ccccc1-c1ccc(CCl)c(C(F)(F)F)c1. The normalized spacial score (nSPS) is 12.3. The van der Waals surface area contributed by atoms with Gasteiger partial charge in [-0.25, -0.2) is 0 Å². The number of hydrogen-bond donors (Lipinski definition) is 0. The summed E-state index contributed by atoms with van der Waals surface area (Å²) in [7, 11) is 0. The van der Waals surface area contributed by atoms with E-state index in [9.17, 15) is 26.3 Å². The predicted octanol–water partition coefficient (Wildman–Crippen LogP) is 6.01. The largest absolute Gasteiger partial charge is 0.573 e. The minimum absolute atomic E-state index is 0.0500. The number of halogens is 7. The molecule has 0 N–H and O–H groups in total. The molecule has 124 valence electrons. The van der Waals surface area contributed by atoms with Gasteiger partial charge in [-0.1, -0.05) is 30.3 Å². The fourth-order valence-electron chi connectivity index (χ4n) is 2.04. The van der Waals surface area contributed by atoms with Gasteiger partial charge in [-0.15, -0.1) is 24.8 Å². The van der Waals surface area contributed by atoms with Crippen molar-refractivity contribution in [2.24, 2.45) is 0 Å². The number of benzene rings is 2. The van der Waals surface area contributed by atoms with Crippen LogP contribution >= 0.6 is 11.6 Å². The molecule has 0 aliphatic rings. The molecule has 0 aliphatic carbocycles. The van der Waals surface area contributed by atoms with Crippen LogP contribution in [0.15, 0.2) is 42.5 Å². The molecule has 2 aromatic rings. The zero-order valence-corrected chi connectivity index (χ0v) is 12.1. The molecule has 0 saturated heterocycles. The summed E-state index contributed by atoms with van der Waals surface area (Å²) >= 11 is 5.48. The van der Waals surface area contributed by atoms with Gasteiger partial charge >= 0.3 is 12.5 Å². The van der Waals surface area contributed by atoms with Crippen molar-refractivity contribution < 1.29 is 31.1 Å². The molecular weight excluding hydrogens is 346 g/mol. The van der Waals surface area contributed by atoms with E-state index in [1.54, 1.807) is 0 Å². The standard InChI is InChI=1S/C15H9ClF6O/c16-8-10-6-5-9(7-12(10)14(17,18)19)11-3-1-2-4-13(11)23-15(20,21)22/h1-7H,8H2. The summed E-state index contributed by atoms with van der Waals surface area (Å²) in [6.07, 6.45) is -9.61. The average Bonchev–Trinajstić information content (AvgIpc) is 2.44. The molecule has 0 aromatic heterocycles. The van der Waals surface area contributed by atoms with Crippen molar-refractivity contribution in [2.45, 2.75) is 18.4 Å². The second-order valence-electron chi connectivity index (χ2n) is 4.55. The molecule has 0 atom stereocenters. The first-order valence-electron chi connectivity index (χ1n) is 6.23. The maximum atomic E-state index is 13.0. The summed E-state index contributed by atoms with van der Waals surface area (Å²) in [5.74, 6) is -0.942. The van der Waals surface area contributed by atoms with E-state index in [0.29, 0.717) is 0 Å². The number of hydrogen-bond acceptors (Lipinski definition) is 1. The molecule has 0 heterocycles. The molecule has 23 heavy (non-hydrogen) atoms. The Morgan fingerprint density at radius 2 is 1.57 bits per heavy atom. The van der Waals surface area contributed by atoms with Crippen molar-refractivity contribution in [1.82, 2.24) is 0 Å². The van der Waals surface area contributed by atoms with E-state index in [1.165, 1.54) is 24.3 Å². The van der Waals surface area contributed by atoms with Gasteiger partial charge in [-0.05, 0) is 23.3 Å². The summed E-state index contributed by atoms with van der Waals surface area (Å²) in [4.78, 5) is 0. The van der Waals surface area contributed by atoms with Gasteiger partial charge in [0.05, 0.1) is 5.56 Å². The van der Waals surface area contributed by atoms with Gasteiger partial charge in [0, 0.05) is 11.4 Å². The van der Waals surface area contributed by atoms with Crippen molar-refractivity contribution in [3.8, 4) is 16.9 Å². The van der Waals surface area contributed by atoms with Gasteiger partial charge in [-0.2, -0.15) is 13.2 Å². The highest BCUT2D eigenvalue weighted by Crippen LogP contribution is 2.39. The van der Waals surface area contributed by atoms with Gasteiger partial charge in [-0.3, -0.25) is 0 Å². The zero-order chi connectivity index (χ0) is 17.3. The van der Waals surface area contributed by atoms with E-state index in [-0.39, 0.29) is 22.6 Å². The molecule has 0 aliphatic heterocycles. The number of alkyl halides is 7. The van der Waals surface area contributed by atoms with Crippen molar-refractivity contribution in [2.75, 3.05) is 0 Å². The Morgan fingerprint density at radius 1 is 0.913 bits per heavy atom. The maximum Gasteiger partial charge on any atom is 0.573 e. The van der Waals surface area contributed by atoms with Crippen LogP contribution in [0.4, 0.5) is 26.3 Å². The van der Waals surface area contributed by atoms with Crippen LogP contribution in [-0.2, 0) is 12.1 Å². The monoisotopic (exact) mass is 354 g/mol. The van der Waals surface area contributed by atoms with E-state index in [2.05, 4.69) is 4.74 Å². The van der Waals surface area contributed by atoms with E-state index in [1.807, 2.05) is 0 Å². The Balaban J connectivity index is 2.55. The first kappa shape index (κ1) is 17.5. The second-order valence-corrected chi connectivity index (χ2v) is 4.81. The van der Waals surface area contributed by atoms with Gasteiger partial charge in [0.25, 0.3) is 0 Å². The minimum Gasteiger partial charge on any atom is -0.405 e. The molecule has 0 fully saturated rings. The lowest BCUT2D eigenvalue weighted by molar-refractivity contribution is -0.274. The molecule has 0 spiro atoms. The topological polar surface area (TPSA) is 9.23 Å². The molecular formula is C15H9ClF6O. The van der Waals surface area contributed by atoms with Gasteiger partial charge in [0.15, 0.2) is 0 Å². The average molecular weight is 355 g/mol. The number of ether oxygens (including phenoxy) is 1. The summed E-state index contributed by atoms with van der Waals surface area (Å²) in [5, 5.41) is 0. The van der Waals surface area contributed by atoms with E-state index in [4.69, 9.17) is 11.6 Å². The van der Waals surface area contributed by atoms with Gasteiger partial charge < -0.3 is 4.74 Å². The highest BCUT2D eigenvalue weighted by molar-refractivity contribution is 6.17. The molecule has 0 radical (unpaired) electrons. The van der Waals surface area contributed by atoms with E-state index < -0.39 is 23.9 Å². The van der Waals surface area contributed by atoms with Crippen molar-refractivity contribution in [3.05, 3.63) is 53.6 Å². The van der Waals surface area contributed by atoms with Crippen LogP contribution in [0.2, 0.25) is 0 Å². The van der Waals surface area contributed by atoms with E-state index in [0.717, 1.165) is 18.2 Å². The zero-order valence-electron chi connectivity index (χ0n) is 11.3. The third-order valence-corrected chi connectivity index (χ3v) is 3.27. The highest BCUT2D eigenvalue weighted by Gasteiger charge is 2.34. The first-order valence-corrected chi connectivity index (χ1v) is 6.76. The fraction of sp³-hybridized carbons (Fsp3) is 0.200. The molecule has 2 rings (SSSR count). The fourth-order valence-corrected chi connectivity index (χ4v) is 2.28. The maximum absolute atomic E-state index is 13.0. The van der Waals surface area contributed by atoms with Crippen molar-refractivity contribution >= 4 is 11.6 Å². The Bertz CT molecular complexity index is 693. The second kappa shape index (κ2) is 6.31. The van der Waals surface area contributed by atoms with Crippen LogP contribution in [0.5, 0.6) is 5.75 Å². The third-order valence-electron chi connectivity index (χ3n) is 2.98. The smallest absolute Gasteiger partial charge is 0.405 e. The van der Waals surface area contributed by atoms with Crippen LogP contribution in [-0.4, -0.2) is 6.36 Å². The lowest BCUT2D eigenvalue weighted by atomic mass is 9.99. The van der Waals surface area contributed by atoms with Gasteiger partial charge in [0.2, 0.25) is 0 Å². The molecule has 0 amide bonds. The lowest BCUT2D eigenvalue weighted by Gasteiger charge is -2.16. The Kier molecular flexibility index (Phi) is 4.79. The number of para-hydroxylation sites is 1. The van der Waals surface area contributed by atoms with Crippen molar-refractivity contribution in [3.63, 3.8) is 0 Å². The summed E-state index contributed by atoms with van der Waals surface area (Å²) in [5.41, 5.74) is -1.30. The first-order chi connectivity index (χ1) is 10.6. The molecule has 0 bridgehead atoms. The quantitative estimate of drug-likeness (QED) is 0.484. The minimum atomic E-state index is -4.95. The lowest BCUT2D eigenvalue weighted by Crippen LogP contribution is -2.17. The summed E-state index contributed by atoms with van der Waals surface area (Å²) in [6, 6.07) is 8.14. The van der Waals surface area contributed by atoms with Crippen LogP contribution in [0, 0.1) is 0 Å². The summed E-state index contributed by atoms with van der Waals surface area (Å²) < 4.78 is 80.2. The van der Waals surface area contributed by atoms with Crippen molar-refractivity contribution in [1.29, 1.82) is 0 Å². The third kappa shape index (κ3) is 4.31. The summed E-state index contributed by atoms with van der Waals surface area (Å²) in [6.45, 7) is 0. The molecule has 0 unspecified atom stereocenters. The Labute approximate surface area is 132 Å². The van der Waals surface area contributed by atoms with E-state index >= 15 is 0 Å². The van der Waals surface area contributed by atoms with Crippen LogP contribution in [0.3, 0.4) is 0 Å². The Hall–Kier alpha value is -1.89. The molecule has 8 heteroatoms. The predicted molar refractivity (Wildman–Crippen MR) is 73.1 cm³/mol. The van der Waals surface area contributed by atoms with Crippen LogP contribution < -0.4 is 4.74 Å². The van der Waals surface area contributed by atoms with Crippen LogP contribution in [0.1, 0.15) is 11.1 Å². The highest BCUT2D eigenvalue weighted by atomic mass is 35.5. The molecule has 2 aromatic carbocycles. The number of rotatable bonds is 3. The Morgan fingerprint density at radius 3 is 2.13 bits per heavy atom.